The van der Waals surface area contributed by atoms with E-state index in [1.165, 1.54) is 36.2 Å². The van der Waals surface area contributed by atoms with Crippen molar-refractivity contribution in [3.05, 3.63) is 29.8 Å². The first kappa shape index (κ1) is 17.9. The minimum atomic E-state index is -3.70. The lowest BCUT2D eigenvalue weighted by molar-refractivity contribution is -0.116. The van der Waals surface area contributed by atoms with Crippen molar-refractivity contribution in [2.24, 2.45) is 0 Å². The molecular formula is C15H18N2O6S2. The summed E-state index contributed by atoms with van der Waals surface area (Å²) in [6, 6.07) is 5.42. The van der Waals surface area contributed by atoms with Crippen molar-refractivity contribution in [3.63, 3.8) is 0 Å². The van der Waals surface area contributed by atoms with Crippen LogP contribution in [0.15, 0.2) is 24.3 Å². The minimum Gasteiger partial charge on any atom is -0.338 e. The smallest absolute Gasteiger partial charge is 0.253 e. The number of benzene rings is 1. The molecule has 1 atom stereocenters. The molecule has 1 aromatic carbocycles. The monoisotopic (exact) mass is 386 g/mol. The third kappa shape index (κ3) is 3.40. The van der Waals surface area contributed by atoms with Gasteiger partial charge in [0.1, 0.15) is 0 Å². The van der Waals surface area contributed by atoms with Crippen LogP contribution < -0.4 is 4.31 Å². The summed E-state index contributed by atoms with van der Waals surface area (Å²) < 4.78 is 47.9. The highest BCUT2D eigenvalue weighted by molar-refractivity contribution is 7.94. The van der Waals surface area contributed by atoms with Crippen molar-refractivity contribution in [2.45, 2.75) is 18.9 Å². The van der Waals surface area contributed by atoms with Gasteiger partial charge in [-0.25, -0.2) is 21.1 Å². The highest BCUT2D eigenvalue weighted by atomic mass is 32.2. The van der Waals surface area contributed by atoms with Gasteiger partial charge in [-0.15, -0.1) is 0 Å². The molecular weight excluding hydrogens is 368 g/mol. The molecule has 2 aliphatic heterocycles. The van der Waals surface area contributed by atoms with Crippen LogP contribution in [-0.2, 0) is 24.7 Å². The number of carbonyl (C=O) groups is 2. The fourth-order valence-electron chi connectivity index (χ4n) is 3.08. The van der Waals surface area contributed by atoms with Crippen LogP contribution in [-0.4, -0.2) is 63.9 Å². The number of carbonyl (C=O) groups excluding carboxylic acids is 2. The van der Waals surface area contributed by atoms with Gasteiger partial charge in [-0.2, -0.15) is 0 Å². The van der Waals surface area contributed by atoms with E-state index in [1.807, 2.05) is 0 Å². The van der Waals surface area contributed by atoms with Crippen LogP contribution in [0.5, 0.6) is 0 Å². The van der Waals surface area contributed by atoms with Gasteiger partial charge in [0.2, 0.25) is 15.9 Å². The zero-order valence-corrected chi connectivity index (χ0v) is 15.2. The topological polar surface area (TPSA) is 109 Å². The average Bonchev–Trinajstić information content (AvgIpc) is 3.04. The summed E-state index contributed by atoms with van der Waals surface area (Å²) in [6.07, 6.45) is 0.295. The molecule has 0 spiro atoms. The molecule has 2 fully saturated rings. The number of hydrogen-bond acceptors (Lipinski definition) is 6. The molecule has 0 saturated carbocycles. The summed E-state index contributed by atoms with van der Waals surface area (Å²) >= 11 is 0. The zero-order chi connectivity index (χ0) is 18.4. The molecule has 3 rings (SSSR count). The molecule has 25 heavy (non-hydrogen) atoms. The maximum absolute atomic E-state index is 12.6. The van der Waals surface area contributed by atoms with Crippen molar-refractivity contribution >= 4 is 37.4 Å². The lowest BCUT2D eigenvalue weighted by Gasteiger charge is -2.24. The van der Waals surface area contributed by atoms with E-state index in [0.717, 1.165) is 4.31 Å². The first-order valence-corrected chi connectivity index (χ1v) is 11.2. The predicted molar refractivity (Wildman–Crippen MR) is 91.5 cm³/mol. The van der Waals surface area contributed by atoms with Crippen LogP contribution in [0.4, 0.5) is 5.69 Å². The fraction of sp³-hybridized carbons (Fsp3) is 0.467. The Labute approximate surface area is 146 Å². The Morgan fingerprint density at radius 1 is 1.20 bits per heavy atom. The van der Waals surface area contributed by atoms with Crippen molar-refractivity contribution in [1.29, 1.82) is 0 Å². The Kier molecular flexibility index (Phi) is 4.36. The van der Waals surface area contributed by atoms with Crippen LogP contribution in [0.2, 0.25) is 0 Å². The molecule has 8 nitrogen and oxygen atoms in total. The average molecular weight is 386 g/mol. The number of sulfonamides is 1. The molecule has 2 aliphatic rings. The van der Waals surface area contributed by atoms with Gasteiger partial charge < -0.3 is 4.90 Å². The van der Waals surface area contributed by atoms with Gasteiger partial charge >= 0.3 is 0 Å². The summed E-state index contributed by atoms with van der Waals surface area (Å²) in [5, 5.41) is 0. The Morgan fingerprint density at radius 3 is 2.48 bits per heavy atom. The number of amides is 2. The van der Waals surface area contributed by atoms with E-state index in [0.29, 0.717) is 6.42 Å². The maximum atomic E-state index is 12.6. The first-order chi connectivity index (χ1) is 11.6. The van der Waals surface area contributed by atoms with E-state index in [9.17, 15) is 26.4 Å². The van der Waals surface area contributed by atoms with Gasteiger partial charge in [-0.05, 0) is 24.6 Å². The summed E-state index contributed by atoms with van der Waals surface area (Å²) in [7, 11) is -5.30. The fourth-order valence-corrected chi connectivity index (χ4v) is 6.31. The molecule has 2 saturated heterocycles. The quantitative estimate of drug-likeness (QED) is 0.724. The van der Waals surface area contributed by atoms with Gasteiger partial charge in [-0.3, -0.25) is 9.59 Å². The highest BCUT2D eigenvalue weighted by Crippen LogP contribution is 2.27. The molecule has 2 amide bonds. The van der Waals surface area contributed by atoms with E-state index in [1.54, 1.807) is 0 Å². The first-order valence-electron chi connectivity index (χ1n) is 7.74. The largest absolute Gasteiger partial charge is 0.338 e. The minimum absolute atomic E-state index is 0.0514. The van der Waals surface area contributed by atoms with Crippen molar-refractivity contribution in [3.8, 4) is 0 Å². The Balaban J connectivity index is 1.87. The van der Waals surface area contributed by atoms with Gasteiger partial charge in [0.05, 0.1) is 22.9 Å². The van der Waals surface area contributed by atoms with E-state index in [-0.39, 0.29) is 34.9 Å². The molecule has 10 heteroatoms. The molecule has 0 bridgehead atoms. The van der Waals surface area contributed by atoms with Crippen LogP contribution in [0.1, 0.15) is 23.2 Å². The molecule has 1 aromatic rings. The van der Waals surface area contributed by atoms with E-state index in [2.05, 4.69) is 0 Å². The molecule has 2 heterocycles. The second-order valence-corrected chi connectivity index (χ2v) is 10.4. The molecule has 0 N–H and O–H groups in total. The highest BCUT2D eigenvalue weighted by Gasteiger charge is 2.37. The van der Waals surface area contributed by atoms with Crippen LogP contribution >= 0.6 is 0 Å². The second-order valence-electron chi connectivity index (χ2n) is 6.25. The Bertz CT molecular complexity index is 939. The molecule has 0 radical (unpaired) electrons. The zero-order valence-electron chi connectivity index (χ0n) is 13.6. The van der Waals surface area contributed by atoms with Crippen molar-refractivity contribution in [1.82, 2.24) is 4.90 Å². The normalized spacial score (nSPS) is 24.4. The van der Waals surface area contributed by atoms with Gasteiger partial charge in [-0.1, -0.05) is 6.07 Å². The third-order valence-electron chi connectivity index (χ3n) is 4.48. The van der Waals surface area contributed by atoms with Crippen LogP contribution in [0.3, 0.4) is 0 Å². The molecule has 0 aromatic heterocycles. The SMILES string of the molecule is CN(C(=O)c1cccc(N2C(=O)CCS2(=O)=O)c1)C1CCS(=O)(=O)C1. The number of rotatable bonds is 3. The maximum Gasteiger partial charge on any atom is 0.253 e. The summed E-state index contributed by atoms with van der Waals surface area (Å²) in [4.78, 5) is 25.9. The lowest BCUT2D eigenvalue weighted by atomic mass is 10.1. The lowest BCUT2D eigenvalue weighted by Crippen LogP contribution is -2.38. The van der Waals surface area contributed by atoms with Crippen molar-refractivity contribution < 1.29 is 26.4 Å². The number of nitrogens with zero attached hydrogens (tertiary/aromatic N) is 2. The van der Waals surface area contributed by atoms with Crippen molar-refractivity contribution in [2.75, 3.05) is 28.6 Å². The van der Waals surface area contributed by atoms with E-state index in [4.69, 9.17) is 0 Å². The van der Waals surface area contributed by atoms with Gasteiger partial charge in [0, 0.05) is 25.1 Å². The Hall–Kier alpha value is -1.94. The standard InChI is InChI=1S/C15H18N2O6S2/c1-16(13-5-7-24(20,21)10-13)15(19)11-3-2-4-12(9-11)17-14(18)6-8-25(17,22)23/h2-4,9,13H,5-8,10H2,1H3. The third-order valence-corrected chi connectivity index (χ3v) is 7.92. The molecule has 136 valence electrons. The summed E-state index contributed by atoms with van der Waals surface area (Å²) in [5.41, 5.74) is 0.333. The molecule has 0 aliphatic carbocycles. The number of hydrogen-bond donors (Lipinski definition) is 0. The number of anilines is 1. The van der Waals surface area contributed by atoms with Gasteiger partial charge in [0.25, 0.3) is 5.91 Å². The molecule has 1 unspecified atom stereocenters. The van der Waals surface area contributed by atoms with E-state index < -0.39 is 37.7 Å². The second kappa shape index (κ2) is 6.10. The van der Waals surface area contributed by atoms with E-state index >= 15 is 0 Å². The summed E-state index contributed by atoms with van der Waals surface area (Å²) in [5.74, 6) is -1.21. The van der Waals surface area contributed by atoms with Crippen LogP contribution in [0.25, 0.3) is 0 Å². The van der Waals surface area contributed by atoms with Crippen LogP contribution in [0, 0.1) is 0 Å². The number of sulfone groups is 1. The Morgan fingerprint density at radius 2 is 1.92 bits per heavy atom. The van der Waals surface area contributed by atoms with Gasteiger partial charge in [0.15, 0.2) is 9.84 Å². The predicted octanol–water partition coefficient (Wildman–Crippen LogP) is 0.0122. The summed E-state index contributed by atoms with van der Waals surface area (Å²) in [6.45, 7) is 0.